The van der Waals surface area contributed by atoms with E-state index < -0.39 is 11.7 Å². The molecule has 2 atom stereocenters. The van der Waals surface area contributed by atoms with E-state index in [2.05, 4.69) is 24.3 Å². The summed E-state index contributed by atoms with van der Waals surface area (Å²) in [6.45, 7) is 1.94. The van der Waals surface area contributed by atoms with Gasteiger partial charge in [0, 0.05) is 12.0 Å². The third kappa shape index (κ3) is 4.32. The number of benzene rings is 3. The molecule has 0 radical (unpaired) electrons. The Bertz CT molecular complexity index is 1350. The smallest absolute Gasteiger partial charge is 0.416 e. The average Bonchev–Trinajstić information content (AvgIpc) is 3.19. The molecule has 2 unspecified atom stereocenters. The minimum absolute atomic E-state index is 0.0137. The van der Waals surface area contributed by atoms with E-state index >= 15 is 0 Å². The Kier molecular flexibility index (Phi) is 5.85. The van der Waals surface area contributed by atoms with Gasteiger partial charge >= 0.3 is 12.3 Å². The number of alkyl halides is 3. The quantitative estimate of drug-likeness (QED) is 0.363. The Balaban J connectivity index is 1.23. The van der Waals surface area contributed by atoms with E-state index in [1.54, 1.807) is 13.0 Å². The second-order valence-electron chi connectivity index (χ2n) is 10.3. The van der Waals surface area contributed by atoms with Gasteiger partial charge in [-0.3, -0.25) is 4.90 Å². The number of fused-ring (bicyclic) bond motifs is 5. The number of halogens is 3. The van der Waals surface area contributed by atoms with Crippen molar-refractivity contribution >= 4 is 11.7 Å². The molecule has 1 fully saturated rings. The maximum atomic E-state index is 13.4. The van der Waals surface area contributed by atoms with Gasteiger partial charge in [-0.1, -0.05) is 60.7 Å². The summed E-state index contributed by atoms with van der Waals surface area (Å²) in [6, 6.07) is 20.4. The lowest BCUT2D eigenvalue weighted by atomic mass is 9.82. The molecule has 2 aliphatic heterocycles. The van der Waals surface area contributed by atoms with Gasteiger partial charge in [-0.05, 0) is 83.7 Å². The highest BCUT2D eigenvalue weighted by molar-refractivity contribution is 5.79. The highest BCUT2D eigenvalue weighted by atomic mass is 19.4. The molecule has 1 amide bonds. The van der Waals surface area contributed by atoms with Crippen LogP contribution in [-0.2, 0) is 10.9 Å². The van der Waals surface area contributed by atoms with Crippen LogP contribution in [0.3, 0.4) is 0 Å². The van der Waals surface area contributed by atoms with Gasteiger partial charge in [0.1, 0.15) is 6.61 Å². The van der Waals surface area contributed by atoms with Crippen LogP contribution in [0.1, 0.15) is 59.4 Å². The summed E-state index contributed by atoms with van der Waals surface area (Å²) in [4.78, 5) is 15.2. The van der Waals surface area contributed by atoms with E-state index in [-0.39, 0.29) is 30.7 Å². The predicted octanol–water partition coefficient (Wildman–Crippen LogP) is 7.97. The number of carbonyl (C=O) groups excluding carboxylic acids is 1. The first-order valence-electron chi connectivity index (χ1n) is 12.8. The molecule has 2 heterocycles. The fraction of sp³-hybridized carbons (Fsp3) is 0.323. The molecule has 1 saturated heterocycles. The van der Waals surface area contributed by atoms with Crippen molar-refractivity contribution in [1.29, 1.82) is 0 Å². The third-order valence-electron chi connectivity index (χ3n) is 7.96. The van der Waals surface area contributed by atoms with Gasteiger partial charge in [-0.2, -0.15) is 13.2 Å². The van der Waals surface area contributed by atoms with Crippen LogP contribution in [0.2, 0.25) is 0 Å². The molecule has 0 spiro atoms. The lowest BCUT2D eigenvalue weighted by molar-refractivity contribution is -0.137. The number of nitrogens with zero attached hydrogens (tertiary/aromatic N) is 1. The highest BCUT2D eigenvalue weighted by Gasteiger charge is 2.40. The average molecular weight is 504 g/mol. The molecule has 2 bridgehead atoms. The zero-order chi connectivity index (χ0) is 25.7. The lowest BCUT2D eigenvalue weighted by Gasteiger charge is -2.44. The van der Waals surface area contributed by atoms with E-state index in [9.17, 15) is 18.0 Å². The minimum atomic E-state index is -4.39. The maximum absolute atomic E-state index is 13.4. The Labute approximate surface area is 214 Å². The SMILES string of the molecule is Cc1cc(C2=CC3CCCC(C2)N3C(=O)OCC2c3ccccc3-c3ccccc32)cc(C(F)(F)F)c1. The molecule has 3 nitrogen and oxygen atoms in total. The van der Waals surface area contributed by atoms with Gasteiger partial charge in [0.2, 0.25) is 0 Å². The summed E-state index contributed by atoms with van der Waals surface area (Å²) in [5, 5.41) is 0. The molecular weight excluding hydrogens is 475 g/mol. The monoisotopic (exact) mass is 503 g/mol. The zero-order valence-electron chi connectivity index (χ0n) is 20.6. The Morgan fingerprint density at radius 1 is 0.973 bits per heavy atom. The summed E-state index contributed by atoms with van der Waals surface area (Å²) < 4.78 is 46.2. The first kappa shape index (κ1) is 23.8. The van der Waals surface area contributed by atoms with E-state index in [0.29, 0.717) is 17.5 Å². The van der Waals surface area contributed by atoms with Gasteiger partial charge < -0.3 is 4.74 Å². The molecule has 0 N–H and O–H groups in total. The van der Waals surface area contributed by atoms with Crippen molar-refractivity contribution in [3.63, 3.8) is 0 Å². The second kappa shape index (κ2) is 9.09. The molecule has 3 aromatic rings. The number of ether oxygens (including phenoxy) is 1. The van der Waals surface area contributed by atoms with Crippen molar-refractivity contribution in [2.45, 2.75) is 56.8 Å². The lowest BCUT2D eigenvalue weighted by Crippen LogP contribution is -2.51. The van der Waals surface area contributed by atoms with E-state index in [1.165, 1.54) is 23.3 Å². The fourth-order valence-electron chi connectivity index (χ4n) is 6.33. The molecule has 0 saturated carbocycles. The van der Waals surface area contributed by atoms with Gasteiger partial charge in [-0.25, -0.2) is 4.79 Å². The number of carbonyl (C=O) groups is 1. The number of piperidine rings is 1. The highest BCUT2D eigenvalue weighted by Crippen LogP contribution is 2.45. The number of hydrogen-bond acceptors (Lipinski definition) is 2. The number of amides is 1. The number of hydrogen-bond donors (Lipinski definition) is 0. The number of rotatable bonds is 3. The number of aryl methyl sites for hydroxylation is 1. The predicted molar refractivity (Wildman–Crippen MR) is 137 cm³/mol. The second-order valence-corrected chi connectivity index (χ2v) is 10.3. The van der Waals surface area contributed by atoms with Crippen LogP contribution in [0, 0.1) is 6.92 Å². The standard InChI is InChI=1S/C31H28F3NO2/c1-19-13-20(15-22(14-19)31(32,33)34)21-16-23-7-6-8-24(17-21)35(23)30(36)37-18-29-27-11-4-2-9-25(27)26-10-3-5-12-28(26)29/h2-5,9-16,23-24,29H,6-8,17-18H2,1H3. The van der Waals surface area contributed by atoms with Gasteiger partial charge in [0.15, 0.2) is 0 Å². The first-order chi connectivity index (χ1) is 17.8. The summed E-state index contributed by atoms with van der Waals surface area (Å²) in [7, 11) is 0. The molecule has 3 aromatic carbocycles. The van der Waals surface area contributed by atoms with Gasteiger partial charge in [0.25, 0.3) is 0 Å². The van der Waals surface area contributed by atoms with Crippen LogP contribution in [0.15, 0.2) is 72.8 Å². The molecule has 6 heteroatoms. The fourth-order valence-corrected chi connectivity index (χ4v) is 6.33. The van der Waals surface area contributed by atoms with Crippen LogP contribution in [0.4, 0.5) is 18.0 Å². The van der Waals surface area contributed by atoms with E-state index in [1.807, 2.05) is 35.2 Å². The molecule has 190 valence electrons. The third-order valence-corrected chi connectivity index (χ3v) is 7.96. The molecule has 1 aliphatic carbocycles. The van der Waals surface area contributed by atoms with Crippen molar-refractivity contribution in [3.8, 4) is 11.1 Å². The molecule has 37 heavy (non-hydrogen) atoms. The van der Waals surface area contributed by atoms with Crippen molar-refractivity contribution < 1.29 is 22.7 Å². The summed E-state index contributed by atoms with van der Waals surface area (Å²) >= 11 is 0. The first-order valence-corrected chi connectivity index (χ1v) is 12.8. The minimum Gasteiger partial charge on any atom is -0.448 e. The zero-order valence-corrected chi connectivity index (χ0v) is 20.6. The van der Waals surface area contributed by atoms with Crippen molar-refractivity contribution in [2.24, 2.45) is 0 Å². The van der Waals surface area contributed by atoms with E-state index in [4.69, 9.17) is 4.74 Å². The van der Waals surface area contributed by atoms with Crippen LogP contribution >= 0.6 is 0 Å². The van der Waals surface area contributed by atoms with Gasteiger partial charge in [-0.15, -0.1) is 0 Å². The van der Waals surface area contributed by atoms with Gasteiger partial charge in [0.05, 0.1) is 11.6 Å². The summed E-state index contributed by atoms with van der Waals surface area (Å²) in [5.74, 6) is -0.0137. The van der Waals surface area contributed by atoms with Crippen molar-refractivity contribution in [1.82, 2.24) is 4.90 Å². The molecular formula is C31H28F3NO2. The summed E-state index contributed by atoms with van der Waals surface area (Å²) in [6.07, 6.45) is 0.352. The maximum Gasteiger partial charge on any atom is 0.416 e. The van der Waals surface area contributed by atoms with Crippen LogP contribution in [0.5, 0.6) is 0 Å². The largest absolute Gasteiger partial charge is 0.448 e. The Hall–Kier alpha value is -3.54. The van der Waals surface area contributed by atoms with Crippen LogP contribution in [-0.4, -0.2) is 29.7 Å². The molecule has 3 aliphatic rings. The Morgan fingerprint density at radius 2 is 1.65 bits per heavy atom. The van der Waals surface area contributed by atoms with E-state index in [0.717, 1.165) is 36.0 Å². The Morgan fingerprint density at radius 3 is 2.30 bits per heavy atom. The van der Waals surface area contributed by atoms with Crippen LogP contribution in [0.25, 0.3) is 16.7 Å². The van der Waals surface area contributed by atoms with Crippen molar-refractivity contribution in [2.75, 3.05) is 6.61 Å². The van der Waals surface area contributed by atoms with Crippen LogP contribution < -0.4 is 0 Å². The topological polar surface area (TPSA) is 29.5 Å². The van der Waals surface area contributed by atoms with Crippen molar-refractivity contribution in [3.05, 3.63) is 101 Å². The molecule has 0 aromatic heterocycles. The normalized spacial score (nSPS) is 20.8. The molecule has 6 rings (SSSR count). The summed E-state index contributed by atoms with van der Waals surface area (Å²) in [5.41, 5.74) is 6.11.